The molecule has 0 saturated carbocycles. The summed E-state index contributed by atoms with van der Waals surface area (Å²) >= 11 is 2.03. The first-order valence-electron chi connectivity index (χ1n) is 4.96. The van der Waals surface area contributed by atoms with Crippen molar-refractivity contribution in [3.8, 4) is 0 Å². The van der Waals surface area contributed by atoms with Crippen molar-refractivity contribution < 1.29 is 0 Å². The molecule has 1 fully saturated rings. The van der Waals surface area contributed by atoms with Crippen molar-refractivity contribution in [3.63, 3.8) is 0 Å². The van der Waals surface area contributed by atoms with Gasteiger partial charge in [0, 0.05) is 24.6 Å². The van der Waals surface area contributed by atoms with Crippen molar-refractivity contribution in [2.24, 2.45) is 0 Å². The summed E-state index contributed by atoms with van der Waals surface area (Å²) in [5.74, 6) is 2.45. The number of dihydropyridines is 1. The lowest BCUT2D eigenvalue weighted by molar-refractivity contribution is 0.140. The van der Waals surface area contributed by atoms with E-state index < -0.39 is 0 Å². The highest BCUT2D eigenvalue weighted by Gasteiger charge is 2.30. The molecule has 2 heterocycles. The van der Waals surface area contributed by atoms with Crippen LogP contribution in [0.25, 0.3) is 0 Å². The van der Waals surface area contributed by atoms with Gasteiger partial charge in [0.15, 0.2) is 0 Å². The normalized spacial score (nSPS) is 33.6. The van der Waals surface area contributed by atoms with Gasteiger partial charge in [-0.1, -0.05) is 11.5 Å². The van der Waals surface area contributed by atoms with Crippen molar-refractivity contribution in [2.75, 3.05) is 24.6 Å². The van der Waals surface area contributed by atoms with E-state index in [1.165, 1.54) is 11.5 Å². The van der Waals surface area contributed by atoms with Gasteiger partial charge in [-0.3, -0.25) is 4.90 Å². The zero-order chi connectivity index (χ0) is 10.0. The van der Waals surface area contributed by atoms with E-state index in [0.717, 1.165) is 18.6 Å². The van der Waals surface area contributed by atoms with Crippen LogP contribution in [0.5, 0.6) is 0 Å². The molecule has 14 heavy (non-hydrogen) atoms. The Kier molecular flexibility index (Phi) is 2.93. The monoisotopic (exact) mass is 206 g/mol. The van der Waals surface area contributed by atoms with Crippen LogP contribution in [0.1, 0.15) is 6.92 Å². The second-order valence-corrected chi connectivity index (χ2v) is 5.09. The average Bonchev–Trinajstić information content (AvgIpc) is 2.24. The van der Waals surface area contributed by atoms with Crippen LogP contribution in [0.15, 0.2) is 23.8 Å². The van der Waals surface area contributed by atoms with Gasteiger partial charge in [-0.05, 0) is 19.2 Å². The maximum atomic E-state index is 5.67. The first-order valence-corrected chi connectivity index (χ1v) is 6.11. The van der Waals surface area contributed by atoms with Gasteiger partial charge in [0.1, 0.15) is 13.5 Å². The Morgan fingerprint density at radius 1 is 1.50 bits per heavy atom. The SMILES string of the molecule is [B]C1=CNC(C)(N2CCSCC2)C=C1. The lowest BCUT2D eigenvalue weighted by atomic mass is 9.92. The second kappa shape index (κ2) is 4.03. The van der Waals surface area contributed by atoms with Gasteiger partial charge in [0.2, 0.25) is 0 Å². The van der Waals surface area contributed by atoms with Gasteiger partial charge in [-0.25, -0.2) is 0 Å². The summed E-state index contributed by atoms with van der Waals surface area (Å²) in [7, 11) is 5.67. The summed E-state index contributed by atoms with van der Waals surface area (Å²) in [6.45, 7) is 4.49. The highest BCUT2D eigenvalue weighted by Crippen LogP contribution is 2.22. The Morgan fingerprint density at radius 3 is 2.79 bits per heavy atom. The zero-order valence-corrected chi connectivity index (χ0v) is 9.31. The van der Waals surface area contributed by atoms with Crippen molar-refractivity contribution >= 4 is 19.6 Å². The predicted octanol–water partition coefficient (Wildman–Crippen LogP) is 0.921. The van der Waals surface area contributed by atoms with Crippen LogP contribution in [0, 0.1) is 0 Å². The first-order chi connectivity index (χ1) is 6.71. The molecule has 4 heteroatoms. The number of thioether (sulfide) groups is 1. The molecular weight excluding hydrogens is 191 g/mol. The van der Waals surface area contributed by atoms with Gasteiger partial charge < -0.3 is 5.32 Å². The lowest BCUT2D eigenvalue weighted by Crippen LogP contribution is -2.57. The fraction of sp³-hybridized carbons (Fsp3) is 0.600. The van der Waals surface area contributed by atoms with Crippen LogP contribution in [0.4, 0.5) is 0 Å². The summed E-state index contributed by atoms with van der Waals surface area (Å²) < 4.78 is 0. The third-order valence-electron chi connectivity index (χ3n) is 2.80. The van der Waals surface area contributed by atoms with E-state index in [4.69, 9.17) is 7.85 Å². The Hall–Kier alpha value is -0.345. The van der Waals surface area contributed by atoms with Gasteiger partial charge in [-0.2, -0.15) is 11.8 Å². The molecule has 2 radical (unpaired) electrons. The third kappa shape index (κ3) is 2.01. The number of nitrogens with one attached hydrogen (secondary N) is 1. The number of hydrogen-bond donors (Lipinski definition) is 1. The molecule has 2 aliphatic heterocycles. The molecule has 0 aromatic heterocycles. The van der Waals surface area contributed by atoms with Gasteiger partial charge in [-0.15, -0.1) is 0 Å². The number of nitrogens with zero attached hydrogens (tertiary/aromatic N) is 1. The quantitative estimate of drug-likeness (QED) is 0.642. The van der Waals surface area contributed by atoms with E-state index in [-0.39, 0.29) is 5.66 Å². The number of rotatable bonds is 1. The van der Waals surface area contributed by atoms with E-state index in [1.807, 2.05) is 24.0 Å². The highest BCUT2D eigenvalue weighted by atomic mass is 32.2. The topological polar surface area (TPSA) is 15.3 Å². The van der Waals surface area contributed by atoms with Gasteiger partial charge in [0.25, 0.3) is 0 Å². The predicted molar refractivity (Wildman–Crippen MR) is 63.4 cm³/mol. The molecule has 1 unspecified atom stereocenters. The van der Waals surface area contributed by atoms with Crippen LogP contribution in [0.2, 0.25) is 0 Å². The first kappa shape index (κ1) is 10.2. The van der Waals surface area contributed by atoms with Crippen molar-refractivity contribution in [3.05, 3.63) is 23.8 Å². The van der Waals surface area contributed by atoms with Crippen LogP contribution < -0.4 is 5.32 Å². The summed E-state index contributed by atoms with van der Waals surface area (Å²) in [6, 6.07) is 0. The minimum atomic E-state index is -0.0378. The van der Waals surface area contributed by atoms with Crippen LogP contribution >= 0.6 is 11.8 Å². The summed E-state index contributed by atoms with van der Waals surface area (Å²) in [4.78, 5) is 2.46. The Labute approximate surface area is 91.2 Å². The molecule has 1 N–H and O–H groups in total. The minimum Gasteiger partial charge on any atom is -0.371 e. The molecule has 0 aromatic carbocycles. The molecule has 2 nitrogen and oxygen atoms in total. The van der Waals surface area contributed by atoms with Gasteiger partial charge in [0.05, 0.1) is 0 Å². The Balaban J connectivity index is 2.05. The van der Waals surface area contributed by atoms with Gasteiger partial charge >= 0.3 is 0 Å². The fourth-order valence-electron chi connectivity index (χ4n) is 1.81. The maximum absolute atomic E-state index is 5.67. The van der Waals surface area contributed by atoms with Crippen molar-refractivity contribution in [1.82, 2.24) is 10.2 Å². The largest absolute Gasteiger partial charge is 0.371 e. The molecule has 74 valence electrons. The van der Waals surface area contributed by atoms with Crippen LogP contribution in [-0.2, 0) is 0 Å². The minimum absolute atomic E-state index is 0.0378. The molecule has 2 rings (SSSR count). The molecule has 0 amide bonds. The fourth-order valence-corrected chi connectivity index (χ4v) is 2.71. The lowest BCUT2D eigenvalue weighted by Gasteiger charge is -2.43. The smallest absolute Gasteiger partial charge is 0.115 e. The zero-order valence-electron chi connectivity index (χ0n) is 8.49. The maximum Gasteiger partial charge on any atom is 0.115 e. The summed E-state index contributed by atoms with van der Waals surface area (Å²) in [5.41, 5.74) is 0.762. The van der Waals surface area contributed by atoms with E-state index in [0.29, 0.717) is 0 Å². The van der Waals surface area contributed by atoms with Crippen molar-refractivity contribution in [2.45, 2.75) is 12.6 Å². The van der Waals surface area contributed by atoms with E-state index >= 15 is 0 Å². The van der Waals surface area contributed by atoms with Crippen LogP contribution in [0.3, 0.4) is 0 Å². The highest BCUT2D eigenvalue weighted by molar-refractivity contribution is 7.99. The Bertz CT molecular complexity index is 271. The molecule has 0 spiro atoms. The number of allylic oxidation sites excluding steroid dienone is 2. The standard InChI is InChI=1S/C10H15BN2S/c1-10(3-2-9(11)8-12-10)13-4-6-14-7-5-13/h2-3,8,12H,4-7H2,1H3. The molecule has 1 atom stereocenters. The molecule has 0 aliphatic carbocycles. The second-order valence-electron chi connectivity index (χ2n) is 3.87. The molecule has 0 bridgehead atoms. The van der Waals surface area contributed by atoms with E-state index in [2.05, 4.69) is 23.2 Å². The molecule has 0 aromatic rings. The third-order valence-corrected chi connectivity index (χ3v) is 3.74. The summed E-state index contributed by atoms with van der Waals surface area (Å²) in [6.07, 6.45) is 6.03. The molecule has 1 saturated heterocycles. The van der Waals surface area contributed by atoms with Crippen molar-refractivity contribution in [1.29, 1.82) is 0 Å². The number of hydrogen-bond acceptors (Lipinski definition) is 3. The van der Waals surface area contributed by atoms with Crippen LogP contribution in [-0.4, -0.2) is 43.0 Å². The van der Waals surface area contributed by atoms with E-state index in [9.17, 15) is 0 Å². The molecular formula is C10H15BN2S. The summed E-state index contributed by atoms with van der Waals surface area (Å²) in [5, 5.41) is 3.36. The van der Waals surface area contributed by atoms with E-state index in [1.54, 1.807) is 0 Å². The average molecular weight is 206 g/mol. The Morgan fingerprint density at radius 2 is 2.21 bits per heavy atom. The molecule has 2 aliphatic rings.